The van der Waals surface area contributed by atoms with Crippen molar-refractivity contribution >= 4 is 33.7 Å². The van der Waals surface area contributed by atoms with Gasteiger partial charge in [0.2, 0.25) is 12.6 Å². The molecule has 0 aliphatic carbocycles. The number of hydrogen-bond donors (Lipinski definition) is 4. The van der Waals surface area contributed by atoms with Gasteiger partial charge in [-0.05, 0) is 65.8 Å². The highest BCUT2D eigenvalue weighted by Gasteiger charge is 2.30. The number of carbonyl (C=O) groups excluding carboxylic acids is 4. The molecule has 15 heteroatoms. The molecule has 0 aliphatic rings. The van der Waals surface area contributed by atoms with Gasteiger partial charge >= 0.3 is 23.9 Å². The number of esters is 4. The number of ether oxygens (including phenoxy) is 4. The Bertz CT molecular complexity index is 1470. The molecule has 14 nitrogen and oxygen atoms in total. The summed E-state index contributed by atoms with van der Waals surface area (Å²) in [6, 6.07) is 3.42. The van der Waals surface area contributed by atoms with Crippen LogP contribution >= 0.6 is 0 Å². The first-order valence-corrected chi connectivity index (χ1v) is 15.4. The first kappa shape index (κ1) is 36.7. The van der Waals surface area contributed by atoms with Crippen LogP contribution in [0.25, 0.3) is 0 Å². The number of phenols is 4. The lowest BCUT2D eigenvalue weighted by molar-refractivity contribution is -0.176. The molecule has 2 aromatic carbocycles. The Labute approximate surface area is 260 Å². The number of phenolic OH excluding ortho intramolecular Hbond substituents is 4. The number of carbonyl (C=O) groups is 4. The molecule has 0 aromatic heterocycles. The van der Waals surface area contributed by atoms with Gasteiger partial charge in [0.25, 0.3) is 0 Å². The smallest absolute Gasteiger partial charge is 0.345 e. The van der Waals surface area contributed by atoms with E-state index in [9.17, 15) is 48.0 Å². The molecule has 0 saturated carbocycles. The third kappa shape index (κ3) is 10.3. The van der Waals surface area contributed by atoms with Crippen LogP contribution in [-0.2, 0) is 49.9 Å². The van der Waals surface area contributed by atoms with Crippen LogP contribution < -0.4 is 0 Å². The van der Waals surface area contributed by atoms with E-state index < -0.39 is 114 Å². The molecule has 4 N–H and O–H groups in total. The second-order valence-corrected chi connectivity index (χ2v) is 14.4. The van der Waals surface area contributed by atoms with Crippen molar-refractivity contribution in [3.05, 3.63) is 46.5 Å². The normalized spacial score (nSPS) is 13.3. The third-order valence-electron chi connectivity index (χ3n) is 5.85. The summed E-state index contributed by atoms with van der Waals surface area (Å²) in [5, 5.41) is 41.6. The SMILES string of the molecule is CC(OC(=O)c1cc(O)cc(CS(=O)(=O)Cc2cc(O)cc(C(=O)OC(C)OC(=O)C(C)(C)C)c2O)c1O)OC(=O)C(C)(C)C. The van der Waals surface area contributed by atoms with E-state index in [1.165, 1.54) is 13.8 Å². The molecule has 2 rings (SSSR count). The lowest BCUT2D eigenvalue weighted by Gasteiger charge is -2.21. The Kier molecular flexibility index (Phi) is 11.1. The summed E-state index contributed by atoms with van der Waals surface area (Å²) in [7, 11) is -4.35. The Morgan fingerprint density at radius 3 is 1.22 bits per heavy atom. The number of hydrogen-bond acceptors (Lipinski definition) is 14. The van der Waals surface area contributed by atoms with Gasteiger partial charge in [-0.3, -0.25) is 9.59 Å². The highest BCUT2D eigenvalue weighted by Crippen LogP contribution is 2.34. The molecule has 0 amide bonds. The van der Waals surface area contributed by atoms with Crippen LogP contribution in [0, 0.1) is 10.8 Å². The molecule has 0 saturated heterocycles. The maximum absolute atomic E-state index is 13.1. The molecule has 2 atom stereocenters. The molecular weight excluding hydrogens is 616 g/mol. The van der Waals surface area contributed by atoms with Crippen LogP contribution in [0.2, 0.25) is 0 Å². The number of sulfone groups is 1. The third-order valence-corrected chi connectivity index (χ3v) is 7.36. The zero-order chi connectivity index (χ0) is 34.7. The topological polar surface area (TPSA) is 220 Å². The maximum atomic E-state index is 13.1. The van der Waals surface area contributed by atoms with Crippen molar-refractivity contribution in [3.63, 3.8) is 0 Å². The number of benzene rings is 2. The van der Waals surface area contributed by atoms with Gasteiger partial charge in [-0.15, -0.1) is 0 Å². The van der Waals surface area contributed by atoms with E-state index in [0.717, 1.165) is 24.3 Å². The second-order valence-electron chi connectivity index (χ2n) is 12.3. The maximum Gasteiger partial charge on any atom is 0.345 e. The van der Waals surface area contributed by atoms with E-state index in [0.29, 0.717) is 0 Å². The summed E-state index contributed by atoms with van der Waals surface area (Å²) >= 11 is 0. The summed E-state index contributed by atoms with van der Waals surface area (Å²) < 4.78 is 46.3. The molecular formula is C30H38O14S. The van der Waals surface area contributed by atoms with Crippen molar-refractivity contribution in [2.75, 3.05) is 0 Å². The molecule has 248 valence electrons. The summed E-state index contributed by atoms with van der Waals surface area (Å²) in [4.78, 5) is 49.4. The van der Waals surface area contributed by atoms with Crippen molar-refractivity contribution in [1.82, 2.24) is 0 Å². The molecule has 2 unspecified atom stereocenters. The molecule has 0 heterocycles. The van der Waals surface area contributed by atoms with E-state index in [1.54, 1.807) is 41.5 Å². The Balaban J connectivity index is 2.27. The van der Waals surface area contributed by atoms with Crippen molar-refractivity contribution in [1.29, 1.82) is 0 Å². The minimum Gasteiger partial charge on any atom is -0.508 e. The van der Waals surface area contributed by atoms with E-state index in [1.807, 2.05) is 0 Å². The predicted octanol–water partition coefficient (Wildman–Crippen LogP) is 3.81. The van der Waals surface area contributed by atoms with Gasteiger partial charge in [-0.1, -0.05) is 0 Å². The summed E-state index contributed by atoms with van der Waals surface area (Å²) in [6.45, 7) is 12.0. The van der Waals surface area contributed by atoms with E-state index in [4.69, 9.17) is 18.9 Å². The number of aromatic hydroxyl groups is 4. The van der Waals surface area contributed by atoms with Gasteiger partial charge < -0.3 is 39.4 Å². The van der Waals surface area contributed by atoms with Crippen molar-refractivity contribution < 1.29 is 67.0 Å². The molecule has 2 aromatic rings. The standard InChI is InChI=1S/C30H38O14S/c1-15(43-27(37)29(3,4)5)41-25(35)21-11-19(31)9-17(23(21)33)13-45(39,40)14-18-10-20(32)12-22(24(18)34)26(36)42-16(2)44-28(38)30(6,7)8/h9-12,15-16,31-34H,13-14H2,1-8H3. The molecule has 45 heavy (non-hydrogen) atoms. The zero-order valence-electron chi connectivity index (χ0n) is 26.2. The van der Waals surface area contributed by atoms with Gasteiger partial charge in [0.1, 0.15) is 34.1 Å². The largest absolute Gasteiger partial charge is 0.508 e. The van der Waals surface area contributed by atoms with Gasteiger partial charge in [0.15, 0.2) is 9.84 Å². The van der Waals surface area contributed by atoms with Gasteiger partial charge in [-0.2, -0.15) is 0 Å². The lowest BCUT2D eigenvalue weighted by atomic mass is 9.97. The van der Waals surface area contributed by atoms with E-state index >= 15 is 0 Å². The van der Waals surface area contributed by atoms with E-state index in [-0.39, 0.29) is 0 Å². The number of rotatable bonds is 10. The molecule has 0 spiro atoms. The predicted molar refractivity (Wildman–Crippen MR) is 157 cm³/mol. The summed E-state index contributed by atoms with van der Waals surface area (Å²) in [6.07, 6.45) is -2.78. The first-order chi connectivity index (χ1) is 20.4. The quantitative estimate of drug-likeness (QED) is 0.163. The minimum atomic E-state index is -4.35. The summed E-state index contributed by atoms with van der Waals surface area (Å²) in [5.74, 6) is -8.67. The fraction of sp³-hybridized carbons (Fsp3) is 0.467. The highest BCUT2D eigenvalue weighted by atomic mass is 32.2. The van der Waals surface area contributed by atoms with Crippen molar-refractivity contribution in [3.8, 4) is 23.0 Å². The second kappa shape index (κ2) is 13.6. The van der Waals surface area contributed by atoms with Crippen molar-refractivity contribution in [2.45, 2.75) is 79.5 Å². The first-order valence-electron chi connectivity index (χ1n) is 13.6. The fourth-order valence-electron chi connectivity index (χ4n) is 3.54. The van der Waals surface area contributed by atoms with Crippen LogP contribution in [-0.4, -0.2) is 65.3 Å². The van der Waals surface area contributed by atoms with E-state index in [2.05, 4.69) is 0 Å². The average molecular weight is 655 g/mol. The highest BCUT2D eigenvalue weighted by molar-refractivity contribution is 7.89. The van der Waals surface area contributed by atoms with Crippen molar-refractivity contribution in [2.24, 2.45) is 10.8 Å². The molecule has 0 aliphatic heterocycles. The Morgan fingerprint density at radius 2 is 0.933 bits per heavy atom. The summed E-state index contributed by atoms with van der Waals surface area (Å²) in [5.41, 5.74) is -3.89. The van der Waals surface area contributed by atoms with Gasteiger partial charge in [0.05, 0.1) is 22.3 Å². The monoisotopic (exact) mass is 654 g/mol. The van der Waals surface area contributed by atoms with Gasteiger partial charge in [-0.25, -0.2) is 18.0 Å². The lowest BCUT2D eigenvalue weighted by Crippen LogP contribution is -2.29. The molecule has 0 bridgehead atoms. The van der Waals surface area contributed by atoms with Crippen LogP contribution in [0.4, 0.5) is 0 Å². The van der Waals surface area contributed by atoms with Crippen LogP contribution in [0.15, 0.2) is 24.3 Å². The van der Waals surface area contributed by atoms with Crippen LogP contribution in [0.3, 0.4) is 0 Å². The van der Waals surface area contributed by atoms with Crippen LogP contribution in [0.1, 0.15) is 87.2 Å². The molecule has 0 fully saturated rings. The average Bonchev–Trinajstić information content (AvgIpc) is 2.85. The minimum absolute atomic E-state index is 0.421. The van der Waals surface area contributed by atoms with Crippen LogP contribution in [0.5, 0.6) is 23.0 Å². The Morgan fingerprint density at radius 1 is 0.622 bits per heavy atom. The molecule has 0 radical (unpaired) electrons. The fourth-order valence-corrected chi connectivity index (χ4v) is 5.03. The van der Waals surface area contributed by atoms with Gasteiger partial charge in [0, 0.05) is 25.0 Å². The zero-order valence-corrected chi connectivity index (χ0v) is 27.0. The Hall–Kier alpha value is -4.53.